The van der Waals surface area contributed by atoms with Crippen LogP contribution >= 0.6 is 7.82 Å². The fraction of sp³-hybridized carbons (Fsp3) is 0.932. The SMILES string of the molecule is CCCCCC/C=C\CCCCCCCCCC(=O)OC(COC(=O)CCCCCCCCCCCCCC)COP(=O)(O)OC1C(OC2OC(CO)C(O)C(O)C2O)C(O)C(O)C(O)C1OC1OC(COC(=O)CCCCCCCCCCCCCCCCCCC)C(O)C(O)C1O. The van der Waals surface area contributed by atoms with Crippen molar-refractivity contribution in [2.24, 2.45) is 0 Å². The maximum Gasteiger partial charge on any atom is 0.472 e. The first-order valence-electron chi connectivity index (χ1n) is 39.0. The fourth-order valence-electron chi connectivity index (χ4n) is 12.9. The second-order valence-electron chi connectivity index (χ2n) is 28.1. The summed E-state index contributed by atoms with van der Waals surface area (Å²) >= 11 is 0. The first-order chi connectivity index (χ1) is 47.8. The van der Waals surface area contributed by atoms with Crippen LogP contribution in [0.3, 0.4) is 0 Å². The van der Waals surface area contributed by atoms with Gasteiger partial charge in [-0.1, -0.05) is 258 Å². The molecule has 0 spiro atoms. The Morgan fingerprint density at radius 1 is 0.384 bits per heavy atom. The van der Waals surface area contributed by atoms with Gasteiger partial charge < -0.3 is 89.1 Å². The van der Waals surface area contributed by atoms with E-state index in [1.54, 1.807) is 0 Å². The standard InChI is InChI=1S/C74H137O24P/c1-4-7-10-13-16-19-22-25-27-28-30-31-34-37-40-43-46-49-59(77)91-54-57-62(80)64(82)69(87)74(95-57)97-71-67(85)65(83)66(84)70(96-73-68(86)63(81)61(79)56(51-75)94-73)72(71)98-99(88,89)92-53-55(52-90-58(76)48-45-42-39-36-33-24-21-18-15-12-9-6-3)93-60(78)50-47-44-41-38-35-32-29-26-23-20-17-14-11-8-5-2/h20,23,55-57,61-75,79-87H,4-19,21-22,24-54H2,1-3H3,(H,88,89)/b23-20-. The van der Waals surface area contributed by atoms with Crippen molar-refractivity contribution in [3.63, 3.8) is 0 Å². The van der Waals surface area contributed by atoms with Gasteiger partial charge in [-0.3, -0.25) is 23.4 Å². The molecular formula is C74H137O24P. The summed E-state index contributed by atoms with van der Waals surface area (Å²) in [5.41, 5.74) is 0. The molecule has 2 aliphatic heterocycles. The quantitative estimate of drug-likeness (QED) is 0.00886. The number of hydrogen-bond acceptors (Lipinski definition) is 23. The van der Waals surface area contributed by atoms with Crippen LogP contribution in [0.5, 0.6) is 0 Å². The lowest BCUT2D eigenvalue weighted by atomic mass is 9.84. The van der Waals surface area contributed by atoms with E-state index < -0.39 is 156 Å². The highest BCUT2D eigenvalue weighted by atomic mass is 31.2. The summed E-state index contributed by atoms with van der Waals surface area (Å²) in [5, 5.41) is 110. The van der Waals surface area contributed by atoms with Gasteiger partial charge in [0.15, 0.2) is 18.7 Å². The summed E-state index contributed by atoms with van der Waals surface area (Å²) in [6.07, 6.45) is 15.5. The van der Waals surface area contributed by atoms with E-state index in [2.05, 4.69) is 32.9 Å². The molecule has 1 saturated carbocycles. The van der Waals surface area contributed by atoms with Crippen LogP contribution in [0.1, 0.15) is 310 Å². The molecule has 18 unspecified atom stereocenters. The molecule has 11 N–H and O–H groups in total. The van der Waals surface area contributed by atoms with Gasteiger partial charge in [0.25, 0.3) is 0 Å². The zero-order valence-electron chi connectivity index (χ0n) is 60.8. The van der Waals surface area contributed by atoms with Crippen LogP contribution in [-0.2, 0) is 61.2 Å². The molecular weight excluding hydrogens is 1300 g/mol. The molecule has 1 aliphatic carbocycles. The predicted molar refractivity (Wildman–Crippen MR) is 375 cm³/mol. The molecule has 0 aromatic carbocycles. The minimum atomic E-state index is -5.69. The molecule has 2 heterocycles. The number of hydrogen-bond donors (Lipinski definition) is 11. The Kier molecular flexibility index (Phi) is 51.5. The van der Waals surface area contributed by atoms with Crippen molar-refractivity contribution in [1.29, 1.82) is 0 Å². The maximum atomic E-state index is 14.3. The molecule has 3 fully saturated rings. The summed E-state index contributed by atoms with van der Waals surface area (Å²) in [6, 6.07) is 0. The molecule has 3 aliphatic rings. The topological polar surface area (TPSA) is 374 Å². The van der Waals surface area contributed by atoms with Gasteiger partial charge >= 0.3 is 25.7 Å². The van der Waals surface area contributed by atoms with E-state index in [9.17, 15) is 74.9 Å². The van der Waals surface area contributed by atoms with Crippen molar-refractivity contribution in [2.45, 2.75) is 414 Å². The molecule has 0 aromatic rings. The molecule has 0 aromatic heterocycles. The van der Waals surface area contributed by atoms with E-state index in [1.807, 2.05) is 0 Å². The van der Waals surface area contributed by atoms with E-state index >= 15 is 0 Å². The molecule has 2 saturated heterocycles. The lowest BCUT2D eigenvalue weighted by molar-refractivity contribution is -0.360. The first kappa shape index (κ1) is 90.9. The maximum absolute atomic E-state index is 14.3. The zero-order valence-corrected chi connectivity index (χ0v) is 61.7. The van der Waals surface area contributed by atoms with Crippen LogP contribution in [-0.4, -0.2) is 204 Å². The van der Waals surface area contributed by atoms with Gasteiger partial charge in [-0.25, -0.2) is 4.57 Å². The normalized spacial score (nSPS) is 27.5. The van der Waals surface area contributed by atoms with Crippen molar-refractivity contribution < 1.29 is 117 Å². The number of phosphoric ester groups is 1. The summed E-state index contributed by atoms with van der Waals surface area (Å²) < 4.78 is 65.1. The molecule has 18 atom stereocenters. The van der Waals surface area contributed by atoms with Crippen molar-refractivity contribution in [1.82, 2.24) is 0 Å². The molecule has 0 amide bonds. The van der Waals surface area contributed by atoms with Crippen molar-refractivity contribution >= 4 is 25.7 Å². The Hall–Kier alpha value is -2.30. The molecule has 24 nitrogen and oxygen atoms in total. The second kappa shape index (κ2) is 56.1. The van der Waals surface area contributed by atoms with E-state index in [-0.39, 0.29) is 19.3 Å². The number of aliphatic hydroxyl groups is 10. The minimum absolute atomic E-state index is 0.0329. The van der Waals surface area contributed by atoms with Crippen LogP contribution < -0.4 is 0 Å². The van der Waals surface area contributed by atoms with Gasteiger partial charge in [0.1, 0.15) is 98.7 Å². The molecule has 0 radical (unpaired) electrons. The highest BCUT2D eigenvalue weighted by molar-refractivity contribution is 7.47. The molecule has 25 heteroatoms. The van der Waals surface area contributed by atoms with E-state index in [4.69, 9.17) is 42.2 Å². The van der Waals surface area contributed by atoms with Gasteiger partial charge in [0.05, 0.1) is 13.2 Å². The minimum Gasteiger partial charge on any atom is -0.463 e. The number of esters is 3. The average Bonchev–Trinajstić information content (AvgIpc) is 0.765. The lowest BCUT2D eigenvalue weighted by Gasteiger charge is -2.49. The smallest absolute Gasteiger partial charge is 0.463 e. The van der Waals surface area contributed by atoms with Crippen molar-refractivity contribution in [2.75, 3.05) is 26.4 Å². The Bertz CT molecular complexity index is 2090. The fourth-order valence-corrected chi connectivity index (χ4v) is 13.9. The summed E-state index contributed by atoms with van der Waals surface area (Å²) in [5.74, 6) is -1.98. The molecule has 582 valence electrons. The summed E-state index contributed by atoms with van der Waals surface area (Å²) in [6.45, 7) is 3.45. The van der Waals surface area contributed by atoms with Gasteiger partial charge in [0.2, 0.25) is 0 Å². The van der Waals surface area contributed by atoms with Crippen LogP contribution in [0.25, 0.3) is 0 Å². The number of ether oxygens (including phenoxy) is 7. The summed E-state index contributed by atoms with van der Waals surface area (Å²) in [7, 11) is -5.69. The summed E-state index contributed by atoms with van der Waals surface area (Å²) in [4.78, 5) is 51.0. The highest BCUT2D eigenvalue weighted by Crippen LogP contribution is 2.49. The van der Waals surface area contributed by atoms with Crippen LogP contribution in [0.4, 0.5) is 0 Å². The van der Waals surface area contributed by atoms with E-state index in [0.29, 0.717) is 19.3 Å². The monoisotopic (exact) mass is 1440 g/mol. The molecule has 3 rings (SSSR count). The number of rotatable bonds is 61. The molecule has 99 heavy (non-hydrogen) atoms. The lowest BCUT2D eigenvalue weighted by Crippen LogP contribution is -2.69. The van der Waals surface area contributed by atoms with Crippen molar-refractivity contribution in [3.8, 4) is 0 Å². The van der Waals surface area contributed by atoms with Crippen LogP contribution in [0, 0.1) is 0 Å². The molecule has 0 bridgehead atoms. The number of carbonyl (C=O) groups is 3. The Labute approximate surface area is 592 Å². The Balaban J connectivity index is 1.71. The van der Waals surface area contributed by atoms with Gasteiger partial charge in [-0.15, -0.1) is 0 Å². The Morgan fingerprint density at radius 2 is 0.707 bits per heavy atom. The second-order valence-corrected chi connectivity index (χ2v) is 29.5. The largest absolute Gasteiger partial charge is 0.472 e. The van der Waals surface area contributed by atoms with E-state index in [1.165, 1.54) is 135 Å². The third-order valence-corrected chi connectivity index (χ3v) is 20.3. The highest BCUT2D eigenvalue weighted by Gasteiger charge is 2.58. The van der Waals surface area contributed by atoms with Crippen LogP contribution in [0.2, 0.25) is 0 Å². The number of aliphatic hydroxyl groups excluding tert-OH is 10. The third-order valence-electron chi connectivity index (χ3n) is 19.3. The predicted octanol–water partition coefficient (Wildman–Crippen LogP) is 11.1. The van der Waals surface area contributed by atoms with Crippen molar-refractivity contribution in [3.05, 3.63) is 12.2 Å². The van der Waals surface area contributed by atoms with Gasteiger partial charge in [0, 0.05) is 19.3 Å². The number of unbranched alkanes of at least 4 members (excludes halogenated alkanes) is 38. The van der Waals surface area contributed by atoms with Gasteiger partial charge in [-0.05, 0) is 44.9 Å². The average molecular weight is 1440 g/mol. The Morgan fingerprint density at radius 3 is 1.10 bits per heavy atom. The third kappa shape index (κ3) is 39.0. The number of phosphoric acid groups is 1. The zero-order chi connectivity index (χ0) is 72.5. The number of carbonyl (C=O) groups excluding carboxylic acids is 3. The van der Waals surface area contributed by atoms with Crippen LogP contribution in [0.15, 0.2) is 12.2 Å². The van der Waals surface area contributed by atoms with Gasteiger partial charge in [-0.2, -0.15) is 0 Å². The first-order valence-corrected chi connectivity index (χ1v) is 40.5. The van der Waals surface area contributed by atoms with E-state index in [0.717, 1.165) is 116 Å². The number of allylic oxidation sites excluding steroid dienone is 2.